The summed E-state index contributed by atoms with van der Waals surface area (Å²) in [7, 11) is 0. The average Bonchev–Trinajstić information content (AvgIpc) is 2.37. The number of anilines is 1. The molecule has 0 saturated carbocycles. The van der Waals surface area contributed by atoms with Gasteiger partial charge in [-0.1, -0.05) is 13.8 Å². The van der Waals surface area contributed by atoms with E-state index in [2.05, 4.69) is 34.4 Å². The molecular formula is C14H24N4. The highest BCUT2D eigenvalue weighted by Gasteiger charge is 2.13. The number of nitrogens with zero attached hydrogens (tertiary/aromatic N) is 2. The number of aromatic nitrogens is 2. The molecule has 1 aromatic rings. The first-order chi connectivity index (χ1) is 8.65. The lowest BCUT2D eigenvalue weighted by Gasteiger charge is -2.23. The van der Waals surface area contributed by atoms with Gasteiger partial charge in [0, 0.05) is 24.2 Å². The van der Waals surface area contributed by atoms with Crippen molar-refractivity contribution in [2.75, 3.05) is 25.0 Å². The molecule has 4 nitrogen and oxygen atoms in total. The van der Waals surface area contributed by atoms with E-state index in [1.165, 1.54) is 19.4 Å². The van der Waals surface area contributed by atoms with Gasteiger partial charge in [0.25, 0.3) is 0 Å². The normalized spacial score (nSPS) is 20.1. The Morgan fingerprint density at radius 3 is 2.94 bits per heavy atom. The SMILES string of the molecule is Cc1cc(NCC2CCCNC2)nc(C(C)C)n1. The highest BCUT2D eigenvalue weighted by Crippen LogP contribution is 2.15. The predicted octanol–water partition coefficient (Wildman–Crippen LogP) is 2.32. The fourth-order valence-corrected chi connectivity index (χ4v) is 2.29. The number of piperidine rings is 1. The molecule has 1 aliphatic heterocycles. The van der Waals surface area contributed by atoms with E-state index in [9.17, 15) is 0 Å². The summed E-state index contributed by atoms with van der Waals surface area (Å²) in [6.45, 7) is 9.57. The lowest BCUT2D eigenvalue weighted by atomic mass is 10.00. The maximum Gasteiger partial charge on any atom is 0.133 e. The molecule has 0 radical (unpaired) electrons. The fourth-order valence-electron chi connectivity index (χ4n) is 2.29. The minimum absolute atomic E-state index is 0.377. The Labute approximate surface area is 110 Å². The lowest BCUT2D eigenvalue weighted by Crippen LogP contribution is -2.33. The average molecular weight is 248 g/mol. The summed E-state index contributed by atoms with van der Waals surface area (Å²) in [6, 6.07) is 2.03. The van der Waals surface area contributed by atoms with E-state index >= 15 is 0 Å². The zero-order valence-corrected chi connectivity index (χ0v) is 11.7. The van der Waals surface area contributed by atoms with Crippen molar-refractivity contribution in [1.29, 1.82) is 0 Å². The van der Waals surface area contributed by atoms with E-state index < -0.39 is 0 Å². The van der Waals surface area contributed by atoms with Crippen LogP contribution < -0.4 is 10.6 Å². The summed E-state index contributed by atoms with van der Waals surface area (Å²) in [5, 5.41) is 6.90. The first-order valence-corrected chi connectivity index (χ1v) is 6.95. The van der Waals surface area contributed by atoms with Crippen LogP contribution in [-0.4, -0.2) is 29.6 Å². The van der Waals surface area contributed by atoms with E-state index in [0.717, 1.165) is 36.3 Å². The molecule has 1 aromatic heterocycles. The van der Waals surface area contributed by atoms with Crippen molar-refractivity contribution in [3.8, 4) is 0 Å². The Kier molecular flexibility index (Phi) is 4.53. The van der Waals surface area contributed by atoms with Gasteiger partial charge in [0.05, 0.1) is 0 Å². The van der Waals surface area contributed by atoms with Crippen LogP contribution in [0.5, 0.6) is 0 Å². The second-order valence-electron chi connectivity index (χ2n) is 5.50. The van der Waals surface area contributed by atoms with Crippen LogP contribution in [0.15, 0.2) is 6.07 Å². The maximum atomic E-state index is 4.57. The molecule has 0 spiro atoms. The second-order valence-corrected chi connectivity index (χ2v) is 5.50. The smallest absolute Gasteiger partial charge is 0.133 e. The monoisotopic (exact) mass is 248 g/mol. The number of aryl methyl sites for hydroxylation is 1. The van der Waals surface area contributed by atoms with Gasteiger partial charge in [-0.3, -0.25) is 0 Å². The van der Waals surface area contributed by atoms with Crippen molar-refractivity contribution < 1.29 is 0 Å². The van der Waals surface area contributed by atoms with Crippen LogP contribution in [0.2, 0.25) is 0 Å². The zero-order valence-electron chi connectivity index (χ0n) is 11.7. The van der Waals surface area contributed by atoms with Gasteiger partial charge in [0.1, 0.15) is 11.6 Å². The first-order valence-electron chi connectivity index (χ1n) is 6.95. The quantitative estimate of drug-likeness (QED) is 0.858. The summed E-state index contributed by atoms with van der Waals surface area (Å²) in [5.74, 6) is 2.99. The number of rotatable bonds is 4. The molecule has 2 N–H and O–H groups in total. The summed E-state index contributed by atoms with van der Waals surface area (Å²) in [6.07, 6.45) is 2.59. The van der Waals surface area contributed by atoms with Crippen molar-refractivity contribution in [2.24, 2.45) is 5.92 Å². The topological polar surface area (TPSA) is 49.8 Å². The van der Waals surface area contributed by atoms with Crippen LogP contribution >= 0.6 is 0 Å². The number of hydrogen-bond donors (Lipinski definition) is 2. The predicted molar refractivity (Wildman–Crippen MR) is 74.9 cm³/mol. The molecule has 0 bridgehead atoms. The van der Waals surface area contributed by atoms with E-state index in [0.29, 0.717) is 5.92 Å². The molecule has 0 aromatic carbocycles. The van der Waals surface area contributed by atoms with Gasteiger partial charge >= 0.3 is 0 Å². The molecule has 1 fully saturated rings. The molecular weight excluding hydrogens is 224 g/mol. The molecule has 1 saturated heterocycles. The molecule has 1 atom stereocenters. The van der Waals surface area contributed by atoms with Crippen molar-refractivity contribution >= 4 is 5.82 Å². The lowest BCUT2D eigenvalue weighted by molar-refractivity contribution is 0.392. The Bertz CT molecular complexity index is 383. The molecule has 0 aliphatic carbocycles. The Hall–Kier alpha value is -1.16. The molecule has 1 unspecified atom stereocenters. The van der Waals surface area contributed by atoms with E-state index in [1.54, 1.807) is 0 Å². The molecule has 2 heterocycles. The van der Waals surface area contributed by atoms with E-state index in [4.69, 9.17) is 0 Å². The standard InChI is InChI=1S/C14H24N4/c1-10(2)14-17-11(3)7-13(18-14)16-9-12-5-4-6-15-8-12/h7,10,12,15H,4-6,8-9H2,1-3H3,(H,16,17,18). The maximum absolute atomic E-state index is 4.57. The largest absolute Gasteiger partial charge is 0.370 e. The van der Waals surface area contributed by atoms with Crippen LogP contribution in [0.4, 0.5) is 5.82 Å². The van der Waals surface area contributed by atoms with E-state index in [1.807, 2.05) is 13.0 Å². The first kappa shape index (κ1) is 13.3. The number of nitrogens with one attached hydrogen (secondary N) is 2. The van der Waals surface area contributed by atoms with Gasteiger partial charge < -0.3 is 10.6 Å². The van der Waals surface area contributed by atoms with Crippen LogP contribution in [0.3, 0.4) is 0 Å². The minimum Gasteiger partial charge on any atom is -0.370 e. The Morgan fingerprint density at radius 2 is 2.28 bits per heavy atom. The van der Waals surface area contributed by atoms with Crippen LogP contribution in [-0.2, 0) is 0 Å². The summed E-state index contributed by atoms with van der Waals surface area (Å²) < 4.78 is 0. The third kappa shape index (κ3) is 3.67. The van der Waals surface area contributed by atoms with Crippen molar-refractivity contribution in [3.05, 3.63) is 17.6 Å². The van der Waals surface area contributed by atoms with Crippen LogP contribution in [0, 0.1) is 12.8 Å². The third-order valence-corrected chi connectivity index (χ3v) is 3.36. The van der Waals surface area contributed by atoms with Gasteiger partial charge in [-0.25, -0.2) is 9.97 Å². The van der Waals surface area contributed by atoms with Crippen molar-refractivity contribution in [2.45, 2.75) is 39.5 Å². The van der Waals surface area contributed by atoms with Crippen LogP contribution in [0.25, 0.3) is 0 Å². The fraction of sp³-hybridized carbons (Fsp3) is 0.714. The second kappa shape index (κ2) is 6.14. The summed E-state index contributed by atoms with van der Waals surface area (Å²) in [4.78, 5) is 9.04. The molecule has 0 amide bonds. The molecule has 1 aliphatic rings. The number of hydrogen-bond acceptors (Lipinski definition) is 4. The van der Waals surface area contributed by atoms with Gasteiger partial charge in [0.15, 0.2) is 0 Å². The van der Waals surface area contributed by atoms with Gasteiger partial charge in [-0.2, -0.15) is 0 Å². The minimum atomic E-state index is 0.377. The molecule has 18 heavy (non-hydrogen) atoms. The highest BCUT2D eigenvalue weighted by atomic mass is 15.0. The van der Waals surface area contributed by atoms with Crippen molar-refractivity contribution in [1.82, 2.24) is 15.3 Å². The third-order valence-electron chi connectivity index (χ3n) is 3.36. The molecule has 4 heteroatoms. The zero-order chi connectivity index (χ0) is 13.0. The van der Waals surface area contributed by atoms with Gasteiger partial charge in [-0.05, 0) is 38.8 Å². The van der Waals surface area contributed by atoms with E-state index in [-0.39, 0.29) is 0 Å². The van der Waals surface area contributed by atoms with Crippen molar-refractivity contribution in [3.63, 3.8) is 0 Å². The van der Waals surface area contributed by atoms with Gasteiger partial charge in [0.2, 0.25) is 0 Å². The van der Waals surface area contributed by atoms with Crippen LogP contribution in [0.1, 0.15) is 44.1 Å². The Balaban J connectivity index is 1.95. The van der Waals surface area contributed by atoms with Gasteiger partial charge in [-0.15, -0.1) is 0 Å². The molecule has 100 valence electrons. The Morgan fingerprint density at radius 1 is 1.44 bits per heavy atom. The highest BCUT2D eigenvalue weighted by molar-refractivity contribution is 5.36. The molecule has 2 rings (SSSR count). The summed E-state index contributed by atoms with van der Waals surface area (Å²) >= 11 is 0. The summed E-state index contributed by atoms with van der Waals surface area (Å²) in [5.41, 5.74) is 1.04.